The number of halogens is 1. The van der Waals surface area contributed by atoms with Crippen LogP contribution < -0.4 is 10.6 Å². The van der Waals surface area contributed by atoms with Gasteiger partial charge in [0, 0.05) is 23.4 Å². The van der Waals surface area contributed by atoms with Crippen LogP contribution in [0.5, 0.6) is 0 Å². The molecule has 0 bridgehead atoms. The molecule has 0 aliphatic carbocycles. The molecule has 0 saturated carbocycles. The summed E-state index contributed by atoms with van der Waals surface area (Å²) in [5.74, 6) is 0.335. The molecular weight excluding hydrogens is 422 g/mol. The molecule has 2 amide bonds. The van der Waals surface area contributed by atoms with Crippen LogP contribution in [0.3, 0.4) is 0 Å². The SMILES string of the molecule is Cc1ccc(NC(=O)CSc2nnc(CC(=O)Nc3ccc(C)c(Cl)c3)n2C)cc1. The van der Waals surface area contributed by atoms with Gasteiger partial charge in [-0.1, -0.05) is 47.1 Å². The van der Waals surface area contributed by atoms with Gasteiger partial charge in [0.05, 0.1) is 12.2 Å². The molecule has 156 valence electrons. The number of thioether (sulfide) groups is 1. The average molecular weight is 444 g/mol. The number of carbonyl (C=O) groups is 2. The summed E-state index contributed by atoms with van der Waals surface area (Å²) in [7, 11) is 1.77. The van der Waals surface area contributed by atoms with Gasteiger partial charge >= 0.3 is 0 Å². The zero-order valence-corrected chi connectivity index (χ0v) is 18.5. The van der Waals surface area contributed by atoms with Gasteiger partial charge in [0.2, 0.25) is 11.8 Å². The molecule has 0 radical (unpaired) electrons. The normalized spacial score (nSPS) is 10.7. The summed E-state index contributed by atoms with van der Waals surface area (Å²) in [6, 6.07) is 12.9. The van der Waals surface area contributed by atoms with E-state index in [1.165, 1.54) is 11.8 Å². The minimum atomic E-state index is -0.223. The molecule has 1 aromatic heterocycles. The van der Waals surface area contributed by atoms with Crippen LogP contribution >= 0.6 is 23.4 Å². The summed E-state index contributed by atoms with van der Waals surface area (Å²) in [6.07, 6.45) is 0.0606. The number of nitrogens with zero attached hydrogens (tertiary/aromatic N) is 3. The van der Waals surface area contributed by atoms with E-state index >= 15 is 0 Å². The van der Waals surface area contributed by atoms with E-state index in [1.54, 1.807) is 23.7 Å². The second kappa shape index (κ2) is 9.77. The van der Waals surface area contributed by atoms with Crippen LogP contribution in [0.1, 0.15) is 17.0 Å². The zero-order valence-electron chi connectivity index (χ0n) is 16.9. The van der Waals surface area contributed by atoms with Gasteiger partial charge in [-0.3, -0.25) is 9.59 Å². The van der Waals surface area contributed by atoms with Crippen molar-refractivity contribution in [2.24, 2.45) is 7.05 Å². The molecule has 0 atom stereocenters. The largest absolute Gasteiger partial charge is 0.326 e. The van der Waals surface area contributed by atoms with Crippen molar-refractivity contribution in [3.63, 3.8) is 0 Å². The summed E-state index contributed by atoms with van der Waals surface area (Å²) >= 11 is 7.35. The number of aryl methyl sites for hydroxylation is 2. The van der Waals surface area contributed by atoms with Gasteiger partial charge in [-0.15, -0.1) is 10.2 Å². The van der Waals surface area contributed by atoms with Gasteiger partial charge in [-0.05, 0) is 43.7 Å². The van der Waals surface area contributed by atoms with E-state index in [0.717, 1.165) is 16.8 Å². The van der Waals surface area contributed by atoms with E-state index in [2.05, 4.69) is 20.8 Å². The maximum absolute atomic E-state index is 12.3. The van der Waals surface area contributed by atoms with Crippen molar-refractivity contribution in [2.75, 3.05) is 16.4 Å². The number of nitrogens with one attached hydrogen (secondary N) is 2. The molecule has 0 aliphatic heterocycles. The number of hydrogen-bond acceptors (Lipinski definition) is 5. The molecule has 0 fully saturated rings. The number of rotatable bonds is 7. The Bertz CT molecular complexity index is 1070. The van der Waals surface area contributed by atoms with Gasteiger partial charge in [-0.25, -0.2) is 0 Å². The predicted octanol–water partition coefficient (Wildman–Crippen LogP) is 4.00. The third-order valence-corrected chi connectivity index (χ3v) is 5.79. The topological polar surface area (TPSA) is 88.9 Å². The first-order chi connectivity index (χ1) is 14.3. The highest BCUT2D eigenvalue weighted by Crippen LogP contribution is 2.21. The average Bonchev–Trinajstić information content (AvgIpc) is 3.04. The van der Waals surface area contributed by atoms with Crippen LogP contribution in [-0.2, 0) is 23.1 Å². The third-order valence-electron chi connectivity index (χ3n) is 4.37. The van der Waals surface area contributed by atoms with Crippen LogP contribution in [0.4, 0.5) is 11.4 Å². The highest BCUT2D eigenvalue weighted by Gasteiger charge is 2.15. The van der Waals surface area contributed by atoms with Crippen LogP contribution in [0.25, 0.3) is 0 Å². The fraction of sp³-hybridized carbons (Fsp3) is 0.238. The Balaban J connectivity index is 1.53. The van der Waals surface area contributed by atoms with E-state index < -0.39 is 0 Å². The lowest BCUT2D eigenvalue weighted by molar-refractivity contribution is -0.116. The summed E-state index contributed by atoms with van der Waals surface area (Å²) in [6.45, 7) is 3.89. The lowest BCUT2D eigenvalue weighted by Gasteiger charge is -2.07. The fourth-order valence-corrected chi connectivity index (χ4v) is 3.52. The highest BCUT2D eigenvalue weighted by molar-refractivity contribution is 7.99. The Hall–Kier alpha value is -2.84. The lowest BCUT2D eigenvalue weighted by atomic mass is 10.2. The Labute approximate surface area is 184 Å². The van der Waals surface area contributed by atoms with E-state index in [0.29, 0.717) is 21.7 Å². The molecule has 9 heteroatoms. The van der Waals surface area contributed by atoms with Crippen molar-refractivity contribution < 1.29 is 9.59 Å². The Morgan fingerprint density at radius 1 is 1.00 bits per heavy atom. The first-order valence-corrected chi connectivity index (χ1v) is 10.6. The molecule has 0 aliphatic rings. The molecule has 0 unspecified atom stereocenters. The van der Waals surface area contributed by atoms with Crippen molar-refractivity contribution in [1.29, 1.82) is 0 Å². The molecular formula is C21H22ClN5O2S. The quantitative estimate of drug-likeness (QED) is 0.539. The summed E-state index contributed by atoms with van der Waals surface area (Å²) < 4.78 is 1.71. The zero-order chi connectivity index (χ0) is 21.7. The molecule has 30 heavy (non-hydrogen) atoms. The Morgan fingerprint density at radius 3 is 2.37 bits per heavy atom. The van der Waals surface area contributed by atoms with Crippen molar-refractivity contribution in [1.82, 2.24) is 14.8 Å². The third kappa shape index (κ3) is 5.84. The lowest BCUT2D eigenvalue weighted by Crippen LogP contribution is -2.17. The molecule has 7 nitrogen and oxygen atoms in total. The van der Waals surface area contributed by atoms with E-state index in [-0.39, 0.29) is 24.0 Å². The monoisotopic (exact) mass is 443 g/mol. The number of aromatic nitrogens is 3. The van der Waals surface area contributed by atoms with Crippen LogP contribution in [0.2, 0.25) is 5.02 Å². The predicted molar refractivity (Wildman–Crippen MR) is 120 cm³/mol. The van der Waals surface area contributed by atoms with Crippen LogP contribution in [0, 0.1) is 13.8 Å². The minimum Gasteiger partial charge on any atom is -0.326 e. The highest BCUT2D eigenvalue weighted by atomic mass is 35.5. The molecule has 3 rings (SSSR count). The van der Waals surface area contributed by atoms with Crippen molar-refractivity contribution >= 4 is 46.6 Å². The molecule has 0 saturated heterocycles. The number of anilines is 2. The van der Waals surface area contributed by atoms with E-state index in [1.807, 2.05) is 44.2 Å². The second-order valence-corrected chi connectivity index (χ2v) is 8.20. The minimum absolute atomic E-state index is 0.0606. The van der Waals surface area contributed by atoms with Gasteiger partial charge in [-0.2, -0.15) is 0 Å². The first kappa shape index (κ1) is 21.9. The standard InChI is InChI=1S/C21H22ClN5O2S/c1-13-4-7-15(8-5-13)23-20(29)12-30-21-26-25-18(27(21)3)11-19(28)24-16-9-6-14(2)17(22)10-16/h4-10H,11-12H2,1-3H3,(H,23,29)(H,24,28). The summed E-state index contributed by atoms with van der Waals surface area (Å²) in [4.78, 5) is 24.5. The van der Waals surface area contributed by atoms with Crippen LogP contribution in [-0.4, -0.2) is 32.3 Å². The maximum Gasteiger partial charge on any atom is 0.234 e. The van der Waals surface area contributed by atoms with Gasteiger partial charge in [0.15, 0.2) is 5.16 Å². The van der Waals surface area contributed by atoms with Crippen molar-refractivity contribution in [3.8, 4) is 0 Å². The molecule has 3 aromatic rings. The van der Waals surface area contributed by atoms with Gasteiger partial charge in [0.1, 0.15) is 5.82 Å². The fourth-order valence-electron chi connectivity index (χ4n) is 2.61. The number of amides is 2. The Morgan fingerprint density at radius 2 is 1.67 bits per heavy atom. The number of hydrogen-bond donors (Lipinski definition) is 2. The second-order valence-electron chi connectivity index (χ2n) is 6.85. The Kier molecular flexibility index (Phi) is 7.12. The molecule has 2 aromatic carbocycles. The van der Waals surface area contributed by atoms with Crippen molar-refractivity contribution in [2.45, 2.75) is 25.4 Å². The smallest absolute Gasteiger partial charge is 0.234 e. The number of carbonyl (C=O) groups excluding carboxylic acids is 2. The van der Waals surface area contributed by atoms with Gasteiger partial charge < -0.3 is 15.2 Å². The van der Waals surface area contributed by atoms with Crippen LogP contribution in [0.15, 0.2) is 47.6 Å². The molecule has 1 heterocycles. The molecule has 0 spiro atoms. The number of benzene rings is 2. The van der Waals surface area contributed by atoms with E-state index in [4.69, 9.17) is 11.6 Å². The maximum atomic E-state index is 12.3. The van der Waals surface area contributed by atoms with Crippen molar-refractivity contribution in [3.05, 3.63) is 64.4 Å². The first-order valence-electron chi connectivity index (χ1n) is 9.25. The summed E-state index contributed by atoms with van der Waals surface area (Å²) in [5.41, 5.74) is 3.44. The summed E-state index contributed by atoms with van der Waals surface area (Å²) in [5, 5.41) is 15.0. The molecule has 2 N–H and O–H groups in total. The van der Waals surface area contributed by atoms with E-state index in [9.17, 15) is 9.59 Å². The van der Waals surface area contributed by atoms with Gasteiger partial charge in [0.25, 0.3) is 0 Å².